The molecule has 4 rings (SSSR count). The van der Waals surface area contributed by atoms with Crippen molar-refractivity contribution in [2.24, 2.45) is 0 Å². The summed E-state index contributed by atoms with van der Waals surface area (Å²) in [5, 5.41) is 12.1. The summed E-state index contributed by atoms with van der Waals surface area (Å²) in [5.74, 6) is -0.916. The van der Waals surface area contributed by atoms with Crippen LogP contribution in [0.3, 0.4) is 0 Å². The third kappa shape index (κ3) is 3.27. The summed E-state index contributed by atoms with van der Waals surface area (Å²) in [4.78, 5) is 15.8. The molecule has 26 heavy (non-hydrogen) atoms. The van der Waals surface area contributed by atoms with Crippen LogP contribution in [0.1, 0.15) is 10.4 Å². The Morgan fingerprint density at radius 1 is 0.769 bits per heavy atom. The van der Waals surface area contributed by atoms with E-state index in [1.54, 1.807) is 23.5 Å². The normalized spacial score (nSPS) is 10.6. The number of aromatic carboxylic acids is 1. The van der Waals surface area contributed by atoms with Gasteiger partial charge in [-0.05, 0) is 29.3 Å². The zero-order valence-corrected chi connectivity index (χ0v) is 14.6. The highest BCUT2D eigenvalue weighted by Crippen LogP contribution is 2.31. The number of nitrogens with zero attached hydrogens (tertiary/aromatic N) is 1. The average Bonchev–Trinajstić information content (AvgIpc) is 3.19. The van der Waals surface area contributed by atoms with Crippen molar-refractivity contribution in [2.45, 2.75) is 0 Å². The van der Waals surface area contributed by atoms with Gasteiger partial charge in [-0.2, -0.15) is 0 Å². The summed E-state index contributed by atoms with van der Waals surface area (Å²) in [7, 11) is 0. The standard InChI is InChI=1S/C22H15NO2S/c24-22(25)17-11-9-15(10-12-17)18-7-4-8-19(13-18)20-14-26-21(23-20)16-5-2-1-3-6-16/h1-14H,(H,24,25). The van der Waals surface area contributed by atoms with E-state index in [4.69, 9.17) is 10.1 Å². The van der Waals surface area contributed by atoms with Gasteiger partial charge < -0.3 is 5.11 Å². The van der Waals surface area contributed by atoms with E-state index in [0.29, 0.717) is 0 Å². The molecule has 0 bridgehead atoms. The predicted octanol–water partition coefficient (Wildman–Crippen LogP) is 5.84. The molecule has 0 saturated heterocycles. The number of hydrogen-bond acceptors (Lipinski definition) is 3. The Morgan fingerprint density at radius 2 is 1.46 bits per heavy atom. The van der Waals surface area contributed by atoms with Gasteiger partial charge in [-0.15, -0.1) is 11.3 Å². The number of carbonyl (C=O) groups is 1. The molecule has 0 radical (unpaired) electrons. The monoisotopic (exact) mass is 357 g/mol. The van der Waals surface area contributed by atoms with Crippen LogP contribution in [-0.2, 0) is 0 Å². The van der Waals surface area contributed by atoms with Crippen LogP contribution in [0.15, 0.2) is 84.2 Å². The molecule has 0 atom stereocenters. The Bertz CT molecular complexity index is 1050. The minimum absolute atomic E-state index is 0.289. The molecule has 4 heteroatoms. The fourth-order valence-corrected chi connectivity index (χ4v) is 3.62. The van der Waals surface area contributed by atoms with Gasteiger partial charge in [-0.1, -0.05) is 60.7 Å². The van der Waals surface area contributed by atoms with Gasteiger partial charge >= 0.3 is 5.97 Å². The SMILES string of the molecule is O=C(O)c1ccc(-c2cccc(-c3csc(-c4ccccc4)n3)c2)cc1. The fraction of sp³-hybridized carbons (Fsp3) is 0. The van der Waals surface area contributed by atoms with E-state index in [9.17, 15) is 4.79 Å². The smallest absolute Gasteiger partial charge is 0.335 e. The fourth-order valence-electron chi connectivity index (χ4n) is 2.78. The van der Waals surface area contributed by atoms with Gasteiger partial charge in [-0.3, -0.25) is 0 Å². The van der Waals surface area contributed by atoms with E-state index < -0.39 is 5.97 Å². The molecular weight excluding hydrogens is 342 g/mol. The van der Waals surface area contributed by atoms with E-state index in [1.165, 1.54) is 0 Å². The first kappa shape index (κ1) is 16.2. The minimum Gasteiger partial charge on any atom is -0.478 e. The Balaban J connectivity index is 1.66. The summed E-state index contributed by atoms with van der Waals surface area (Å²) in [5.41, 5.74) is 5.41. The highest BCUT2D eigenvalue weighted by atomic mass is 32.1. The Morgan fingerprint density at radius 3 is 2.19 bits per heavy atom. The second-order valence-electron chi connectivity index (χ2n) is 5.87. The van der Waals surface area contributed by atoms with Gasteiger partial charge in [0.05, 0.1) is 11.3 Å². The van der Waals surface area contributed by atoms with Crippen LogP contribution in [0.2, 0.25) is 0 Å². The highest BCUT2D eigenvalue weighted by molar-refractivity contribution is 7.13. The zero-order chi connectivity index (χ0) is 17.9. The predicted molar refractivity (Wildman–Crippen MR) is 105 cm³/mol. The lowest BCUT2D eigenvalue weighted by Gasteiger charge is -2.05. The summed E-state index contributed by atoms with van der Waals surface area (Å²) in [6.07, 6.45) is 0. The summed E-state index contributed by atoms with van der Waals surface area (Å²) in [6.45, 7) is 0. The molecule has 0 aliphatic rings. The van der Waals surface area contributed by atoms with Gasteiger partial charge in [0.2, 0.25) is 0 Å². The number of hydrogen-bond donors (Lipinski definition) is 1. The van der Waals surface area contributed by atoms with Gasteiger partial charge in [0, 0.05) is 16.5 Å². The van der Waals surface area contributed by atoms with E-state index in [-0.39, 0.29) is 5.56 Å². The Labute approximate surface area is 155 Å². The second-order valence-corrected chi connectivity index (χ2v) is 6.73. The molecule has 1 N–H and O–H groups in total. The highest BCUT2D eigenvalue weighted by Gasteiger charge is 2.08. The molecule has 126 valence electrons. The zero-order valence-electron chi connectivity index (χ0n) is 13.8. The molecule has 0 spiro atoms. The number of rotatable bonds is 4. The van der Waals surface area contributed by atoms with Crippen molar-refractivity contribution in [2.75, 3.05) is 0 Å². The number of thiazole rings is 1. The van der Waals surface area contributed by atoms with Crippen LogP contribution in [0.4, 0.5) is 0 Å². The van der Waals surface area contributed by atoms with Crippen molar-refractivity contribution in [1.82, 2.24) is 4.98 Å². The van der Waals surface area contributed by atoms with E-state index in [2.05, 4.69) is 23.6 Å². The maximum atomic E-state index is 11.0. The topological polar surface area (TPSA) is 50.2 Å². The molecule has 0 aliphatic heterocycles. The first-order valence-corrected chi connectivity index (χ1v) is 9.04. The van der Waals surface area contributed by atoms with Crippen molar-refractivity contribution in [3.63, 3.8) is 0 Å². The van der Waals surface area contributed by atoms with Crippen molar-refractivity contribution in [3.05, 3.63) is 89.8 Å². The number of carboxylic acids is 1. The summed E-state index contributed by atoms with van der Waals surface area (Å²) < 4.78 is 0. The number of aromatic nitrogens is 1. The molecule has 0 unspecified atom stereocenters. The van der Waals surface area contributed by atoms with Gasteiger partial charge in [0.1, 0.15) is 5.01 Å². The van der Waals surface area contributed by atoms with Gasteiger partial charge in [0.25, 0.3) is 0 Å². The molecule has 1 aromatic heterocycles. The second kappa shape index (κ2) is 6.94. The third-order valence-electron chi connectivity index (χ3n) is 4.15. The number of carboxylic acid groups (broad SMARTS) is 1. The first-order chi connectivity index (χ1) is 12.7. The molecule has 4 aromatic rings. The molecule has 0 fully saturated rings. The van der Waals surface area contributed by atoms with E-state index in [1.807, 2.05) is 48.5 Å². The lowest BCUT2D eigenvalue weighted by molar-refractivity contribution is 0.0697. The van der Waals surface area contributed by atoms with Gasteiger partial charge in [-0.25, -0.2) is 9.78 Å². The molecular formula is C22H15NO2S. The summed E-state index contributed by atoms with van der Waals surface area (Å²) in [6, 6.07) is 25.2. The summed E-state index contributed by atoms with van der Waals surface area (Å²) >= 11 is 1.63. The van der Waals surface area contributed by atoms with Crippen molar-refractivity contribution < 1.29 is 9.90 Å². The van der Waals surface area contributed by atoms with E-state index >= 15 is 0 Å². The molecule has 1 heterocycles. The van der Waals surface area contributed by atoms with Crippen LogP contribution in [0.25, 0.3) is 33.0 Å². The molecule has 0 saturated carbocycles. The molecule has 3 aromatic carbocycles. The molecule has 0 aliphatic carbocycles. The van der Waals surface area contributed by atoms with Crippen molar-refractivity contribution >= 4 is 17.3 Å². The van der Waals surface area contributed by atoms with Crippen LogP contribution in [0, 0.1) is 0 Å². The lowest BCUT2D eigenvalue weighted by Crippen LogP contribution is -1.94. The Kier molecular flexibility index (Phi) is 4.33. The van der Waals surface area contributed by atoms with Crippen molar-refractivity contribution in [3.8, 4) is 33.0 Å². The van der Waals surface area contributed by atoms with Crippen LogP contribution in [0.5, 0.6) is 0 Å². The number of benzene rings is 3. The first-order valence-electron chi connectivity index (χ1n) is 8.16. The van der Waals surface area contributed by atoms with Gasteiger partial charge in [0.15, 0.2) is 0 Å². The lowest BCUT2D eigenvalue weighted by atomic mass is 10.0. The minimum atomic E-state index is -0.916. The van der Waals surface area contributed by atoms with Crippen LogP contribution >= 0.6 is 11.3 Å². The quantitative estimate of drug-likeness (QED) is 0.499. The van der Waals surface area contributed by atoms with Crippen LogP contribution in [-0.4, -0.2) is 16.1 Å². The molecule has 0 amide bonds. The third-order valence-corrected chi connectivity index (χ3v) is 5.04. The average molecular weight is 357 g/mol. The Hall–Kier alpha value is -3.24. The molecule has 3 nitrogen and oxygen atoms in total. The maximum Gasteiger partial charge on any atom is 0.335 e. The van der Waals surface area contributed by atoms with Crippen molar-refractivity contribution in [1.29, 1.82) is 0 Å². The van der Waals surface area contributed by atoms with E-state index in [0.717, 1.165) is 33.0 Å². The van der Waals surface area contributed by atoms with Crippen LogP contribution < -0.4 is 0 Å². The maximum absolute atomic E-state index is 11.0. The largest absolute Gasteiger partial charge is 0.478 e.